The van der Waals surface area contributed by atoms with Gasteiger partial charge in [-0.3, -0.25) is 9.59 Å². The Morgan fingerprint density at radius 2 is 1.73 bits per heavy atom. The maximum Gasteiger partial charge on any atom is 0.253 e. The molecule has 0 aliphatic heterocycles. The van der Waals surface area contributed by atoms with Gasteiger partial charge in [-0.1, -0.05) is 31.4 Å². The van der Waals surface area contributed by atoms with Gasteiger partial charge in [0.25, 0.3) is 5.91 Å². The van der Waals surface area contributed by atoms with Gasteiger partial charge in [0.1, 0.15) is 0 Å². The molecule has 1 aromatic carbocycles. The molecule has 0 unspecified atom stereocenters. The molecular formula is C18H24N2O2. The lowest BCUT2D eigenvalue weighted by Crippen LogP contribution is -2.34. The monoisotopic (exact) mass is 300 g/mol. The molecule has 0 atom stereocenters. The molecule has 22 heavy (non-hydrogen) atoms. The lowest BCUT2D eigenvalue weighted by atomic mass is 9.95. The SMILES string of the molecule is CN(C)C(=O)c1ccc(/C=C/C(=O)NC2CCCCC2)cc1. The molecule has 0 radical (unpaired) electrons. The number of nitrogens with one attached hydrogen (secondary N) is 1. The van der Waals surface area contributed by atoms with Crippen molar-refractivity contribution in [3.05, 3.63) is 41.5 Å². The van der Waals surface area contributed by atoms with Crippen LogP contribution in [-0.4, -0.2) is 36.9 Å². The van der Waals surface area contributed by atoms with E-state index < -0.39 is 0 Å². The Balaban J connectivity index is 1.89. The van der Waals surface area contributed by atoms with E-state index in [-0.39, 0.29) is 11.8 Å². The van der Waals surface area contributed by atoms with Crippen molar-refractivity contribution in [2.24, 2.45) is 0 Å². The number of nitrogens with zero attached hydrogens (tertiary/aromatic N) is 1. The van der Waals surface area contributed by atoms with E-state index in [1.165, 1.54) is 19.3 Å². The lowest BCUT2D eigenvalue weighted by Gasteiger charge is -2.21. The van der Waals surface area contributed by atoms with E-state index in [1.807, 2.05) is 12.1 Å². The third-order valence-corrected chi connectivity index (χ3v) is 3.94. The summed E-state index contributed by atoms with van der Waals surface area (Å²) in [5.74, 6) is -0.0640. The quantitative estimate of drug-likeness (QED) is 0.869. The van der Waals surface area contributed by atoms with Gasteiger partial charge in [-0.15, -0.1) is 0 Å². The van der Waals surface area contributed by atoms with Crippen molar-refractivity contribution in [2.75, 3.05) is 14.1 Å². The van der Waals surface area contributed by atoms with Crippen molar-refractivity contribution in [1.29, 1.82) is 0 Å². The minimum Gasteiger partial charge on any atom is -0.350 e. The Labute approximate surface area is 132 Å². The molecule has 4 nitrogen and oxygen atoms in total. The van der Waals surface area contributed by atoms with Gasteiger partial charge in [-0.25, -0.2) is 0 Å². The zero-order chi connectivity index (χ0) is 15.9. The van der Waals surface area contributed by atoms with E-state index >= 15 is 0 Å². The number of carbonyl (C=O) groups is 2. The third kappa shape index (κ3) is 4.72. The van der Waals surface area contributed by atoms with Gasteiger partial charge >= 0.3 is 0 Å². The highest BCUT2D eigenvalue weighted by Crippen LogP contribution is 2.17. The molecule has 2 rings (SSSR count). The number of carbonyl (C=O) groups excluding carboxylic acids is 2. The summed E-state index contributed by atoms with van der Waals surface area (Å²) < 4.78 is 0. The van der Waals surface area contributed by atoms with E-state index in [0.717, 1.165) is 18.4 Å². The molecule has 1 fully saturated rings. The van der Waals surface area contributed by atoms with Crippen LogP contribution in [0.1, 0.15) is 48.0 Å². The zero-order valence-electron chi connectivity index (χ0n) is 13.3. The van der Waals surface area contributed by atoms with E-state index in [9.17, 15) is 9.59 Å². The standard InChI is InChI=1S/C18H24N2O2/c1-20(2)18(22)15-11-8-14(9-12-15)10-13-17(21)19-16-6-4-3-5-7-16/h8-13,16H,3-7H2,1-2H3,(H,19,21)/b13-10+. The van der Waals surface area contributed by atoms with Crippen LogP contribution in [0, 0.1) is 0 Å². The Morgan fingerprint density at radius 3 is 2.32 bits per heavy atom. The van der Waals surface area contributed by atoms with Gasteiger partial charge in [0.2, 0.25) is 5.91 Å². The topological polar surface area (TPSA) is 49.4 Å². The van der Waals surface area contributed by atoms with Gasteiger partial charge < -0.3 is 10.2 Å². The van der Waals surface area contributed by atoms with Crippen molar-refractivity contribution in [1.82, 2.24) is 10.2 Å². The summed E-state index contributed by atoms with van der Waals surface area (Å²) in [7, 11) is 3.46. The minimum absolute atomic E-state index is 0.0226. The zero-order valence-corrected chi connectivity index (χ0v) is 13.3. The second-order valence-corrected chi connectivity index (χ2v) is 6.00. The summed E-state index contributed by atoms with van der Waals surface area (Å²) in [5, 5.41) is 3.05. The first-order chi connectivity index (χ1) is 10.6. The summed E-state index contributed by atoms with van der Waals surface area (Å²) in [6, 6.07) is 7.58. The Kier molecular flexibility index (Phi) is 5.75. The van der Waals surface area contributed by atoms with E-state index in [1.54, 1.807) is 43.3 Å². The summed E-state index contributed by atoms with van der Waals surface area (Å²) >= 11 is 0. The van der Waals surface area contributed by atoms with E-state index in [4.69, 9.17) is 0 Å². The first-order valence-electron chi connectivity index (χ1n) is 7.86. The molecule has 4 heteroatoms. The fourth-order valence-electron chi connectivity index (χ4n) is 2.66. The number of amides is 2. The Morgan fingerprint density at radius 1 is 1.09 bits per heavy atom. The number of rotatable bonds is 4. The first kappa shape index (κ1) is 16.3. The second kappa shape index (κ2) is 7.78. The predicted octanol–water partition coefficient (Wildman–Crippen LogP) is 2.85. The van der Waals surface area contributed by atoms with E-state index in [0.29, 0.717) is 11.6 Å². The number of benzene rings is 1. The fraction of sp³-hybridized carbons (Fsp3) is 0.444. The summed E-state index contributed by atoms with van der Waals surface area (Å²) in [4.78, 5) is 25.2. The molecule has 1 N–H and O–H groups in total. The molecule has 0 bridgehead atoms. The number of hydrogen-bond donors (Lipinski definition) is 1. The van der Waals surface area contributed by atoms with Gasteiger partial charge in [0.05, 0.1) is 0 Å². The van der Waals surface area contributed by atoms with Crippen LogP contribution in [0.4, 0.5) is 0 Å². The van der Waals surface area contributed by atoms with Gasteiger partial charge in [0, 0.05) is 31.8 Å². The maximum absolute atomic E-state index is 11.9. The molecule has 0 saturated heterocycles. The Bertz CT molecular complexity index is 541. The van der Waals surface area contributed by atoms with Crippen molar-refractivity contribution in [3.63, 3.8) is 0 Å². The van der Waals surface area contributed by atoms with Crippen LogP contribution in [0.15, 0.2) is 30.3 Å². The normalized spacial score (nSPS) is 15.7. The fourth-order valence-corrected chi connectivity index (χ4v) is 2.66. The molecule has 0 spiro atoms. The molecule has 1 saturated carbocycles. The molecule has 0 heterocycles. The molecule has 0 aromatic heterocycles. The van der Waals surface area contributed by atoms with Crippen LogP contribution < -0.4 is 5.32 Å². The van der Waals surface area contributed by atoms with Gasteiger partial charge in [-0.05, 0) is 36.6 Å². The smallest absolute Gasteiger partial charge is 0.253 e. The van der Waals surface area contributed by atoms with Crippen molar-refractivity contribution < 1.29 is 9.59 Å². The van der Waals surface area contributed by atoms with Crippen LogP contribution >= 0.6 is 0 Å². The van der Waals surface area contributed by atoms with Crippen molar-refractivity contribution in [3.8, 4) is 0 Å². The summed E-state index contributed by atoms with van der Waals surface area (Å²) in [6.45, 7) is 0. The van der Waals surface area contributed by atoms with E-state index in [2.05, 4.69) is 5.32 Å². The highest BCUT2D eigenvalue weighted by atomic mass is 16.2. The first-order valence-corrected chi connectivity index (χ1v) is 7.86. The molecule has 2 amide bonds. The van der Waals surface area contributed by atoms with Crippen LogP contribution in [0.3, 0.4) is 0 Å². The van der Waals surface area contributed by atoms with Gasteiger partial charge in [-0.2, -0.15) is 0 Å². The average molecular weight is 300 g/mol. The Hall–Kier alpha value is -2.10. The predicted molar refractivity (Wildman–Crippen MR) is 88.5 cm³/mol. The molecule has 1 aromatic rings. The summed E-state index contributed by atoms with van der Waals surface area (Å²) in [5.41, 5.74) is 1.56. The molecule has 1 aliphatic rings. The minimum atomic E-state index is -0.0413. The third-order valence-electron chi connectivity index (χ3n) is 3.94. The number of hydrogen-bond acceptors (Lipinski definition) is 2. The molecular weight excluding hydrogens is 276 g/mol. The highest BCUT2D eigenvalue weighted by Gasteiger charge is 2.14. The van der Waals surface area contributed by atoms with Crippen molar-refractivity contribution in [2.45, 2.75) is 38.1 Å². The van der Waals surface area contributed by atoms with Crippen molar-refractivity contribution >= 4 is 17.9 Å². The second-order valence-electron chi connectivity index (χ2n) is 6.00. The lowest BCUT2D eigenvalue weighted by molar-refractivity contribution is -0.117. The van der Waals surface area contributed by atoms with Gasteiger partial charge in [0.15, 0.2) is 0 Å². The molecule has 118 valence electrons. The summed E-state index contributed by atoms with van der Waals surface area (Å²) in [6.07, 6.45) is 9.20. The van der Waals surface area contributed by atoms with Crippen LogP contribution in [-0.2, 0) is 4.79 Å². The average Bonchev–Trinajstić information content (AvgIpc) is 2.53. The van der Waals surface area contributed by atoms with Crippen LogP contribution in [0.5, 0.6) is 0 Å². The maximum atomic E-state index is 11.9. The largest absolute Gasteiger partial charge is 0.350 e. The highest BCUT2D eigenvalue weighted by molar-refractivity contribution is 5.94. The molecule has 1 aliphatic carbocycles. The van der Waals surface area contributed by atoms with Crippen LogP contribution in [0.2, 0.25) is 0 Å². The van der Waals surface area contributed by atoms with Crippen LogP contribution in [0.25, 0.3) is 6.08 Å².